The Morgan fingerprint density at radius 1 is 1.24 bits per heavy atom. The van der Waals surface area contributed by atoms with Crippen molar-refractivity contribution in [1.29, 1.82) is 0 Å². The van der Waals surface area contributed by atoms with Gasteiger partial charge in [0.2, 0.25) is 0 Å². The normalized spacial score (nSPS) is 12.0. The van der Waals surface area contributed by atoms with Crippen molar-refractivity contribution in [2.45, 2.75) is 4.90 Å². The monoisotopic (exact) mass is 329 g/mol. The predicted molar refractivity (Wildman–Crippen MR) is 78.1 cm³/mol. The quantitative estimate of drug-likeness (QED) is 0.874. The van der Waals surface area contributed by atoms with Gasteiger partial charge in [0, 0.05) is 27.6 Å². The van der Waals surface area contributed by atoms with E-state index in [9.17, 15) is 17.8 Å². The number of hydrogen-bond donors (Lipinski definition) is 1. The second-order valence-corrected chi connectivity index (χ2v) is 5.92. The number of nitrogens with one attached hydrogen (secondary N) is 1. The number of benzene rings is 2. The molecule has 1 unspecified atom stereocenters. The van der Waals surface area contributed by atoms with Crippen molar-refractivity contribution in [2.24, 2.45) is 0 Å². The molecule has 0 aromatic heterocycles. The third kappa shape index (κ3) is 3.46. The summed E-state index contributed by atoms with van der Waals surface area (Å²) in [6.07, 6.45) is 1.50. The lowest BCUT2D eigenvalue weighted by atomic mass is 10.2. The van der Waals surface area contributed by atoms with Gasteiger partial charge in [-0.1, -0.05) is 17.7 Å². The molecule has 3 nitrogen and oxygen atoms in total. The molecule has 7 heteroatoms. The third-order valence-electron chi connectivity index (χ3n) is 2.70. The number of amides is 1. The molecular formula is C14H10ClF2NO2S. The minimum atomic E-state index is -1.21. The van der Waals surface area contributed by atoms with Gasteiger partial charge in [-0.25, -0.2) is 8.78 Å². The molecule has 2 aromatic carbocycles. The highest BCUT2D eigenvalue weighted by Gasteiger charge is 2.17. The molecule has 0 aliphatic heterocycles. The van der Waals surface area contributed by atoms with Gasteiger partial charge >= 0.3 is 0 Å². The SMILES string of the molecule is CS(=O)c1cccc(NC(=O)c2ccc(F)c(Cl)c2F)c1. The fourth-order valence-corrected chi connectivity index (χ4v) is 2.38. The summed E-state index contributed by atoms with van der Waals surface area (Å²) in [5.41, 5.74) is -0.0167. The van der Waals surface area contributed by atoms with Crippen LogP contribution in [0.5, 0.6) is 0 Å². The van der Waals surface area contributed by atoms with Crippen LogP contribution in [0.1, 0.15) is 10.4 Å². The fourth-order valence-electron chi connectivity index (χ4n) is 1.65. The van der Waals surface area contributed by atoms with Crippen LogP contribution >= 0.6 is 11.6 Å². The van der Waals surface area contributed by atoms with Crippen molar-refractivity contribution in [3.8, 4) is 0 Å². The summed E-state index contributed by atoms with van der Waals surface area (Å²) < 4.78 is 38.2. The van der Waals surface area contributed by atoms with E-state index < -0.39 is 33.4 Å². The van der Waals surface area contributed by atoms with Gasteiger partial charge in [-0.3, -0.25) is 9.00 Å². The highest BCUT2D eigenvalue weighted by Crippen LogP contribution is 2.23. The Bertz CT molecular complexity index is 737. The van der Waals surface area contributed by atoms with E-state index >= 15 is 0 Å². The van der Waals surface area contributed by atoms with Gasteiger partial charge in [0.05, 0.1) is 5.56 Å². The van der Waals surface area contributed by atoms with E-state index in [1.165, 1.54) is 12.3 Å². The van der Waals surface area contributed by atoms with E-state index in [1.807, 2.05) is 0 Å². The highest BCUT2D eigenvalue weighted by molar-refractivity contribution is 7.84. The summed E-state index contributed by atoms with van der Waals surface area (Å²) in [6, 6.07) is 8.25. The number of carbonyl (C=O) groups is 1. The van der Waals surface area contributed by atoms with Crippen molar-refractivity contribution in [3.63, 3.8) is 0 Å². The molecule has 0 heterocycles. The minimum absolute atomic E-state index is 0.354. The van der Waals surface area contributed by atoms with Gasteiger partial charge in [0.1, 0.15) is 10.8 Å². The minimum Gasteiger partial charge on any atom is -0.322 e. The van der Waals surface area contributed by atoms with Crippen molar-refractivity contribution >= 4 is 34.0 Å². The van der Waals surface area contributed by atoms with E-state index in [2.05, 4.69) is 5.32 Å². The zero-order chi connectivity index (χ0) is 15.6. The molecule has 0 aliphatic carbocycles. The largest absolute Gasteiger partial charge is 0.322 e. The molecule has 0 aliphatic rings. The molecule has 1 amide bonds. The molecule has 110 valence electrons. The second kappa shape index (κ2) is 6.32. The van der Waals surface area contributed by atoms with Gasteiger partial charge in [-0.15, -0.1) is 0 Å². The zero-order valence-corrected chi connectivity index (χ0v) is 12.4. The van der Waals surface area contributed by atoms with E-state index in [-0.39, 0.29) is 5.56 Å². The first-order valence-electron chi connectivity index (χ1n) is 5.78. The van der Waals surface area contributed by atoms with Gasteiger partial charge in [-0.2, -0.15) is 0 Å². The van der Waals surface area contributed by atoms with Gasteiger partial charge < -0.3 is 5.32 Å². The molecule has 2 aromatic rings. The molecular weight excluding hydrogens is 320 g/mol. The second-order valence-electron chi connectivity index (χ2n) is 4.16. The van der Waals surface area contributed by atoms with E-state index in [4.69, 9.17) is 11.6 Å². The molecule has 0 spiro atoms. The lowest BCUT2D eigenvalue weighted by Gasteiger charge is -2.08. The smallest absolute Gasteiger partial charge is 0.258 e. The van der Waals surface area contributed by atoms with Crippen molar-refractivity contribution in [2.75, 3.05) is 11.6 Å². The summed E-state index contributed by atoms with van der Waals surface area (Å²) in [6.45, 7) is 0. The molecule has 21 heavy (non-hydrogen) atoms. The van der Waals surface area contributed by atoms with Crippen LogP contribution in [0.2, 0.25) is 5.02 Å². The predicted octanol–water partition coefficient (Wildman–Crippen LogP) is 3.61. The van der Waals surface area contributed by atoms with Crippen molar-refractivity contribution in [3.05, 3.63) is 58.6 Å². The van der Waals surface area contributed by atoms with Crippen LogP contribution in [0.3, 0.4) is 0 Å². The Morgan fingerprint density at radius 3 is 2.62 bits per heavy atom. The fraction of sp³-hybridized carbons (Fsp3) is 0.0714. The summed E-state index contributed by atoms with van der Waals surface area (Å²) in [4.78, 5) is 12.5. The van der Waals surface area contributed by atoms with Gasteiger partial charge in [0.25, 0.3) is 5.91 Å². The lowest BCUT2D eigenvalue weighted by molar-refractivity contribution is 0.102. The maximum Gasteiger partial charge on any atom is 0.258 e. The molecule has 0 bridgehead atoms. The molecule has 1 N–H and O–H groups in total. The van der Waals surface area contributed by atoms with E-state index in [1.54, 1.807) is 18.2 Å². The summed E-state index contributed by atoms with van der Waals surface area (Å²) in [7, 11) is -1.21. The summed E-state index contributed by atoms with van der Waals surface area (Å²) in [5.74, 6) is -2.83. The van der Waals surface area contributed by atoms with Crippen LogP contribution in [0.4, 0.5) is 14.5 Å². The summed E-state index contributed by atoms with van der Waals surface area (Å²) in [5, 5.41) is 1.72. The van der Waals surface area contributed by atoms with Crippen LogP contribution in [0.15, 0.2) is 41.3 Å². The number of anilines is 1. The maximum absolute atomic E-state index is 13.7. The average molecular weight is 330 g/mol. The Kier molecular flexibility index (Phi) is 4.69. The van der Waals surface area contributed by atoms with Crippen LogP contribution in [0.25, 0.3) is 0 Å². The van der Waals surface area contributed by atoms with Crippen LogP contribution in [-0.2, 0) is 10.8 Å². The Labute approximate surface area is 127 Å². The van der Waals surface area contributed by atoms with Gasteiger partial charge in [0.15, 0.2) is 5.82 Å². The first-order valence-corrected chi connectivity index (χ1v) is 7.72. The Morgan fingerprint density at radius 2 is 1.95 bits per heavy atom. The first-order chi connectivity index (χ1) is 9.90. The molecule has 0 fully saturated rings. The van der Waals surface area contributed by atoms with E-state index in [0.717, 1.165) is 12.1 Å². The third-order valence-corrected chi connectivity index (χ3v) is 3.97. The Hall–Kier alpha value is -1.79. The van der Waals surface area contributed by atoms with Crippen molar-refractivity contribution in [1.82, 2.24) is 0 Å². The van der Waals surface area contributed by atoms with Crippen LogP contribution in [-0.4, -0.2) is 16.4 Å². The highest BCUT2D eigenvalue weighted by atomic mass is 35.5. The summed E-state index contributed by atoms with van der Waals surface area (Å²) >= 11 is 5.43. The molecule has 0 saturated heterocycles. The average Bonchev–Trinajstić information content (AvgIpc) is 2.45. The van der Waals surface area contributed by atoms with Gasteiger partial charge in [-0.05, 0) is 30.3 Å². The maximum atomic E-state index is 13.7. The lowest BCUT2D eigenvalue weighted by Crippen LogP contribution is -2.14. The molecule has 1 atom stereocenters. The Balaban J connectivity index is 2.28. The zero-order valence-electron chi connectivity index (χ0n) is 10.8. The number of carbonyl (C=O) groups excluding carboxylic acids is 1. The molecule has 2 rings (SSSR count). The van der Waals surface area contributed by atoms with Crippen molar-refractivity contribution < 1.29 is 17.8 Å². The molecule has 0 saturated carbocycles. The number of halogens is 3. The van der Waals surface area contributed by atoms with Crippen LogP contribution < -0.4 is 5.32 Å². The topological polar surface area (TPSA) is 46.2 Å². The number of rotatable bonds is 3. The standard InChI is InChI=1S/C14H10ClF2NO2S/c1-21(20)9-4-2-3-8(7-9)18-14(19)10-5-6-11(16)12(15)13(10)17/h2-7H,1H3,(H,18,19). The van der Waals surface area contributed by atoms with E-state index in [0.29, 0.717) is 10.6 Å². The first kappa shape index (κ1) is 15.6. The number of hydrogen-bond acceptors (Lipinski definition) is 2. The van der Waals surface area contributed by atoms with Crippen LogP contribution in [0, 0.1) is 11.6 Å². The molecule has 0 radical (unpaired) electrons.